The standard InChI is InChI=1S/C20H34O4/c1-9-13(3)17(21)23-12-14(4)15-11-16(20(15,7)8)24-18(22)19(5,6)10-2/h13,16H,9-12H2,1-8H3. The second-order valence-corrected chi connectivity index (χ2v) is 8.23. The van der Waals surface area contributed by atoms with Crippen LogP contribution >= 0.6 is 0 Å². The minimum absolute atomic E-state index is 0.0674. The van der Waals surface area contributed by atoms with Crippen molar-refractivity contribution in [1.82, 2.24) is 0 Å². The Morgan fingerprint density at radius 2 is 1.88 bits per heavy atom. The van der Waals surface area contributed by atoms with Crippen LogP contribution in [-0.4, -0.2) is 24.6 Å². The fraction of sp³-hybridized carbons (Fsp3) is 0.800. The molecule has 2 atom stereocenters. The van der Waals surface area contributed by atoms with Crippen LogP contribution in [-0.2, 0) is 19.1 Å². The third kappa shape index (κ3) is 4.40. The zero-order valence-electron chi connectivity index (χ0n) is 16.6. The Labute approximate surface area is 147 Å². The fourth-order valence-electron chi connectivity index (χ4n) is 2.69. The molecule has 0 amide bonds. The molecule has 0 aromatic heterocycles. The first kappa shape index (κ1) is 20.7. The molecule has 4 nitrogen and oxygen atoms in total. The average molecular weight is 338 g/mol. The predicted octanol–water partition coefficient (Wildman–Crippen LogP) is 4.67. The summed E-state index contributed by atoms with van der Waals surface area (Å²) < 4.78 is 11.1. The van der Waals surface area contributed by atoms with Crippen molar-refractivity contribution in [1.29, 1.82) is 0 Å². The summed E-state index contributed by atoms with van der Waals surface area (Å²) in [5, 5.41) is 0. The second kappa shape index (κ2) is 7.71. The number of ether oxygens (including phenoxy) is 2. The Hall–Kier alpha value is -1.32. The molecule has 1 saturated carbocycles. The second-order valence-electron chi connectivity index (χ2n) is 8.23. The topological polar surface area (TPSA) is 52.6 Å². The quantitative estimate of drug-likeness (QED) is 0.500. The summed E-state index contributed by atoms with van der Waals surface area (Å²) >= 11 is 0. The summed E-state index contributed by atoms with van der Waals surface area (Å²) in [5.41, 5.74) is 1.65. The van der Waals surface area contributed by atoms with Gasteiger partial charge >= 0.3 is 11.9 Å². The summed E-state index contributed by atoms with van der Waals surface area (Å²) in [6.45, 7) is 16.2. The highest BCUT2D eigenvalue weighted by molar-refractivity contribution is 5.76. The van der Waals surface area contributed by atoms with E-state index >= 15 is 0 Å². The van der Waals surface area contributed by atoms with Crippen molar-refractivity contribution in [3.8, 4) is 0 Å². The van der Waals surface area contributed by atoms with E-state index in [1.54, 1.807) is 0 Å². The molecule has 0 N–H and O–H groups in total. The maximum atomic E-state index is 12.3. The van der Waals surface area contributed by atoms with Crippen molar-refractivity contribution in [3.63, 3.8) is 0 Å². The highest BCUT2D eigenvalue weighted by Crippen LogP contribution is 2.49. The van der Waals surface area contributed by atoms with Crippen LogP contribution in [0.2, 0.25) is 0 Å². The highest BCUT2D eigenvalue weighted by atomic mass is 16.5. The zero-order valence-corrected chi connectivity index (χ0v) is 16.6. The molecule has 4 heteroatoms. The summed E-state index contributed by atoms with van der Waals surface area (Å²) in [6, 6.07) is 0. The Morgan fingerprint density at radius 1 is 1.29 bits per heavy atom. The lowest BCUT2D eigenvalue weighted by molar-refractivity contribution is -0.169. The van der Waals surface area contributed by atoms with Gasteiger partial charge in [0, 0.05) is 11.8 Å². The summed E-state index contributed by atoms with van der Waals surface area (Å²) in [5.74, 6) is -0.354. The van der Waals surface area contributed by atoms with Crippen molar-refractivity contribution in [3.05, 3.63) is 11.1 Å². The van der Waals surface area contributed by atoms with Crippen molar-refractivity contribution < 1.29 is 19.1 Å². The Kier molecular flexibility index (Phi) is 6.66. The van der Waals surface area contributed by atoms with Crippen molar-refractivity contribution in [2.75, 3.05) is 6.61 Å². The SMILES string of the molecule is CCC(C)C(=O)OCC(C)=C1CC(OC(=O)C(C)(C)CC)C1(C)C. The van der Waals surface area contributed by atoms with Crippen LogP contribution < -0.4 is 0 Å². The fourth-order valence-corrected chi connectivity index (χ4v) is 2.69. The van der Waals surface area contributed by atoms with Crippen LogP contribution in [0.3, 0.4) is 0 Å². The highest BCUT2D eigenvalue weighted by Gasteiger charge is 2.48. The minimum Gasteiger partial charge on any atom is -0.461 e. The van der Waals surface area contributed by atoms with Crippen LogP contribution in [0.5, 0.6) is 0 Å². The van der Waals surface area contributed by atoms with Crippen LogP contribution in [0.1, 0.15) is 74.7 Å². The van der Waals surface area contributed by atoms with Crippen LogP contribution in [0.25, 0.3) is 0 Å². The van der Waals surface area contributed by atoms with E-state index in [1.165, 1.54) is 5.57 Å². The van der Waals surface area contributed by atoms with Gasteiger partial charge in [0.15, 0.2) is 0 Å². The van der Waals surface area contributed by atoms with Gasteiger partial charge in [0.1, 0.15) is 12.7 Å². The Bertz CT molecular complexity index is 514. The van der Waals surface area contributed by atoms with Gasteiger partial charge in [-0.25, -0.2) is 0 Å². The summed E-state index contributed by atoms with van der Waals surface area (Å²) in [6.07, 6.45) is 2.16. The molecule has 0 aliphatic heterocycles. The molecular weight excluding hydrogens is 304 g/mol. The monoisotopic (exact) mass is 338 g/mol. The number of hydrogen-bond acceptors (Lipinski definition) is 4. The number of esters is 2. The van der Waals surface area contributed by atoms with E-state index in [-0.39, 0.29) is 29.4 Å². The van der Waals surface area contributed by atoms with Gasteiger partial charge in [-0.05, 0) is 39.2 Å². The largest absolute Gasteiger partial charge is 0.461 e. The lowest BCUT2D eigenvalue weighted by Crippen LogP contribution is -2.48. The predicted molar refractivity (Wildman–Crippen MR) is 95.5 cm³/mol. The molecule has 0 bridgehead atoms. The maximum Gasteiger partial charge on any atom is 0.311 e. The maximum absolute atomic E-state index is 12.3. The number of carbonyl (C=O) groups is 2. The van der Waals surface area contributed by atoms with Gasteiger partial charge in [-0.3, -0.25) is 9.59 Å². The molecule has 1 fully saturated rings. The smallest absolute Gasteiger partial charge is 0.311 e. The number of rotatable bonds is 7. The van der Waals surface area contributed by atoms with E-state index in [0.717, 1.165) is 24.8 Å². The minimum atomic E-state index is -0.448. The van der Waals surface area contributed by atoms with Crippen molar-refractivity contribution in [2.24, 2.45) is 16.7 Å². The van der Waals surface area contributed by atoms with Gasteiger partial charge < -0.3 is 9.47 Å². The molecule has 24 heavy (non-hydrogen) atoms. The van der Waals surface area contributed by atoms with Gasteiger partial charge in [0.05, 0.1) is 11.3 Å². The van der Waals surface area contributed by atoms with E-state index in [0.29, 0.717) is 6.61 Å². The molecule has 0 radical (unpaired) electrons. The Balaban J connectivity index is 2.67. The molecule has 0 heterocycles. The van der Waals surface area contributed by atoms with Gasteiger partial charge in [0.25, 0.3) is 0 Å². The van der Waals surface area contributed by atoms with Crippen molar-refractivity contribution in [2.45, 2.75) is 80.8 Å². The summed E-state index contributed by atoms with van der Waals surface area (Å²) in [4.78, 5) is 24.1. The van der Waals surface area contributed by atoms with Gasteiger partial charge in [-0.15, -0.1) is 0 Å². The van der Waals surface area contributed by atoms with E-state index in [2.05, 4.69) is 13.8 Å². The van der Waals surface area contributed by atoms with E-state index < -0.39 is 5.41 Å². The van der Waals surface area contributed by atoms with Crippen LogP contribution in [0.4, 0.5) is 0 Å². The van der Waals surface area contributed by atoms with Crippen molar-refractivity contribution >= 4 is 11.9 Å². The molecule has 0 spiro atoms. The van der Waals surface area contributed by atoms with E-state index in [4.69, 9.17) is 9.47 Å². The summed E-state index contributed by atoms with van der Waals surface area (Å²) in [7, 11) is 0. The first-order valence-corrected chi connectivity index (χ1v) is 9.04. The third-order valence-corrected chi connectivity index (χ3v) is 5.62. The van der Waals surface area contributed by atoms with Gasteiger partial charge in [0.2, 0.25) is 0 Å². The average Bonchev–Trinajstić information content (AvgIpc) is 2.54. The third-order valence-electron chi connectivity index (χ3n) is 5.62. The normalized spacial score (nSPS) is 23.1. The molecule has 138 valence electrons. The molecule has 0 aromatic carbocycles. The van der Waals surface area contributed by atoms with Crippen LogP contribution in [0, 0.1) is 16.7 Å². The number of hydrogen-bond donors (Lipinski definition) is 0. The number of carbonyl (C=O) groups excluding carboxylic acids is 2. The zero-order chi connectivity index (χ0) is 18.7. The van der Waals surface area contributed by atoms with Gasteiger partial charge in [-0.2, -0.15) is 0 Å². The first-order chi connectivity index (χ1) is 11.0. The molecular formula is C20H34O4. The molecule has 1 rings (SSSR count). The van der Waals surface area contributed by atoms with Gasteiger partial charge in [-0.1, -0.05) is 40.2 Å². The molecule has 2 unspecified atom stereocenters. The molecule has 1 aliphatic carbocycles. The Morgan fingerprint density at radius 3 is 2.33 bits per heavy atom. The molecule has 0 aromatic rings. The van der Waals surface area contributed by atoms with E-state index in [1.807, 2.05) is 41.5 Å². The molecule has 0 saturated heterocycles. The van der Waals surface area contributed by atoms with E-state index in [9.17, 15) is 9.59 Å². The lowest BCUT2D eigenvalue weighted by atomic mass is 9.63. The lowest BCUT2D eigenvalue weighted by Gasteiger charge is -2.48. The molecule has 1 aliphatic rings. The first-order valence-electron chi connectivity index (χ1n) is 9.04. The van der Waals surface area contributed by atoms with Crippen LogP contribution in [0.15, 0.2) is 11.1 Å².